The monoisotopic (exact) mass is 370 g/mol. The maximum absolute atomic E-state index is 12.4. The molecular formula is C21H30N4O2. The van der Waals surface area contributed by atoms with Crippen molar-refractivity contribution in [2.24, 2.45) is 11.8 Å². The van der Waals surface area contributed by atoms with E-state index in [0.717, 1.165) is 49.0 Å². The number of nitrogens with one attached hydrogen (secondary N) is 3. The fraction of sp³-hybridized carbons (Fsp3) is 0.571. The van der Waals surface area contributed by atoms with E-state index in [2.05, 4.69) is 34.4 Å². The molecule has 0 aliphatic heterocycles. The third kappa shape index (κ3) is 5.31. The van der Waals surface area contributed by atoms with E-state index in [4.69, 9.17) is 0 Å². The summed E-state index contributed by atoms with van der Waals surface area (Å²) < 4.78 is 0. The van der Waals surface area contributed by atoms with E-state index >= 15 is 0 Å². The molecule has 1 atom stereocenters. The number of imidazole rings is 1. The Morgan fingerprint density at radius 1 is 1.19 bits per heavy atom. The lowest BCUT2D eigenvalue weighted by Gasteiger charge is -2.22. The molecule has 0 saturated heterocycles. The Balaban J connectivity index is 1.60. The number of benzene rings is 1. The number of amides is 2. The van der Waals surface area contributed by atoms with Crippen molar-refractivity contribution in [3.05, 3.63) is 30.1 Å². The predicted octanol–water partition coefficient (Wildman–Crippen LogP) is 3.46. The summed E-state index contributed by atoms with van der Waals surface area (Å²) in [6, 6.07) is 7.64. The fourth-order valence-electron chi connectivity index (χ4n) is 3.77. The van der Waals surface area contributed by atoms with Crippen LogP contribution in [0.1, 0.15) is 64.2 Å². The average Bonchev–Trinajstić information content (AvgIpc) is 3.10. The zero-order valence-corrected chi connectivity index (χ0v) is 16.3. The molecule has 1 aromatic carbocycles. The average molecular weight is 370 g/mol. The molecule has 146 valence electrons. The molecule has 0 radical (unpaired) electrons. The minimum absolute atomic E-state index is 0.00833. The molecule has 27 heavy (non-hydrogen) atoms. The highest BCUT2D eigenvalue weighted by Gasteiger charge is 2.23. The molecule has 1 fully saturated rings. The third-order valence-electron chi connectivity index (χ3n) is 5.18. The molecule has 1 aromatic heterocycles. The van der Waals surface area contributed by atoms with Gasteiger partial charge >= 0.3 is 0 Å². The van der Waals surface area contributed by atoms with E-state index in [0.29, 0.717) is 5.92 Å². The summed E-state index contributed by atoms with van der Waals surface area (Å²) in [5.74, 6) is 1.06. The lowest BCUT2D eigenvalue weighted by Crippen LogP contribution is -2.41. The zero-order valence-electron chi connectivity index (χ0n) is 16.3. The summed E-state index contributed by atoms with van der Waals surface area (Å²) in [5.41, 5.74) is 1.85. The molecule has 0 bridgehead atoms. The number of carbonyl (C=O) groups is 2. The number of H-pyrrole nitrogens is 1. The minimum Gasteiger partial charge on any atom is -0.347 e. The summed E-state index contributed by atoms with van der Waals surface area (Å²) in [4.78, 5) is 32.6. The van der Waals surface area contributed by atoms with Crippen LogP contribution in [-0.4, -0.2) is 28.3 Å². The molecule has 1 aliphatic carbocycles. The number of fused-ring (bicyclic) bond motifs is 1. The lowest BCUT2D eigenvalue weighted by atomic mass is 9.89. The molecule has 6 heteroatoms. The van der Waals surface area contributed by atoms with Crippen LogP contribution in [0.25, 0.3) is 11.0 Å². The Labute approximate surface area is 160 Å². The maximum Gasteiger partial charge on any atom is 0.239 e. The molecule has 0 unspecified atom stereocenters. The molecule has 1 heterocycles. The summed E-state index contributed by atoms with van der Waals surface area (Å²) in [5, 5.41) is 5.84. The predicted molar refractivity (Wildman–Crippen MR) is 106 cm³/mol. The Hall–Kier alpha value is -2.37. The number of para-hydroxylation sites is 2. The molecule has 3 N–H and O–H groups in total. The van der Waals surface area contributed by atoms with Crippen molar-refractivity contribution < 1.29 is 9.59 Å². The van der Waals surface area contributed by atoms with E-state index in [1.807, 2.05) is 24.3 Å². The molecule has 6 nitrogen and oxygen atoms in total. The third-order valence-corrected chi connectivity index (χ3v) is 5.18. The highest BCUT2D eigenvalue weighted by atomic mass is 16.2. The standard InChI is InChI=1S/C21H30N4O2/c1-14(2)12-18(20-24-16-10-6-7-11-17(16)25-20)23-19(26)13-22-21(27)15-8-4-3-5-9-15/h6-7,10-11,14-15,18H,3-5,8-9,12-13H2,1-2H3,(H,22,27)(H,23,26)(H,24,25)/t18-/m1/s1. The molecule has 3 rings (SSSR count). The summed E-state index contributed by atoms with van der Waals surface area (Å²) >= 11 is 0. The summed E-state index contributed by atoms with van der Waals surface area (Å²) in [6.45, 7) is 4.25. The van der Waals surface area contributed by atoms with Gasteiger partial charge in [-0.1, -0.05) is 45.2 Å². The summed E-state index contributed by atoms with van der Waals surface area (Å²) in [6.07, 6.45) is 6.06. The smallest absolute Gasteiger partial charge is 0.239 e. The molecule has 1 aliphatic rings. The van der Waals surface area contributed by atoms with Gasteiger partial charge in [0.25, 0.3) is 0 Å². The Kier molecular flexibility index (Phi) is 6.48. The van der Waals surface area contributed by atoms with Gasteiger partial charge in [0.05, 0.1) is 23.6 Å². The Morgan fingerprint density at radius 3 is 2.63 bits per heavy atom. The van der Waals surface area contributed by atoms with Crippen molar-refractivity contribution in [2.45, 2.75) is 58.4 Å². The van der Waals surface area contributed by atoms with Gasteiger partial charge in [-0.3, -0.25) is 9.59 Å². The number of nitrogens with zero attached hydrogens (tertiary/aromatic N) is 1. The van der Waals surface area contributed by atoms with Gasteiger partial charge in [-0.2, -0.15) is 0 Å². The highest BCUT2D eigenvalue weighted by Crippen LogP contribution is 2.24. The van der Waals surface area contributed by atoms with Crippen LogP contribution in [0.5, 0.6) is 0 Å². The number of hydrogen-bond acceptors (Lipinski definition) is 3. The molecule has 0 spiro atoms. The second-order valence-electron chi connectivity index (χ2n) is 7.94. The Bertz CT molecular complexity index is 744. The van der Waals surface area contributed by atoms with E-state index < -0.39 is 0 Å². The molecule has 2 amide bonds. The van der Waals surface area contributed by atoms with E-state index in [1.165, 1.54) is 6.42 Å². The van der Waals surface area contributed by atoms with Crippen LogP contribution in [0.4, 0.5) is 0 Å². The van der Waals surface area contributed by atoms with Crippen molar-refractivity contribution in [1.82, 2.24) is 20.6 Å². The van der Waals surface area contributed by atoms with Crippen LogP contribution < -0.4 is 10.6 Å². The van der Waals surface area contributed by atoms with Gasteiger partial charge < -0.3 is 15.6 Å². The molecule has 2 aromatic rings. The van der Waals surface area contributed by atoms with Crippen LogP contribution in [0, 0.1) is 11.8 Å². The first kappa shape index (κ1) is 19.4. The van der Waals surface area contributed by atoms with Gasteiger partial charge in [-0.25, -0.2) is 4.98 Å². The maximum atomic E-state index is 12.4. The number of hydrogen-bond donors (Lipinski definition) is 3. The van der Waals surface area contributed by atoms with Gasteiger partial charge in [0.15, 0.2) is 0 Å². The quantitative estimate of drug-likeness (QED) is 0.697. The van der Waals surface area contributed by atoms with E-state index in [1.54, 1.807) is 0 Å². The van der Waals surface area contributed by atoms with Crippen molar-refractivity contribution >= 4 is 22.8 Å². The fourth-order valence-corrected chi connectivity index (χ4v) is 3.77. The van der Waals surface area contributed by atoms with Gasteiger partial charge in [0, 0.05) is 5.92 Å². The van der Waals surface area contributed by atoms with Gasteiger partial charge in [0.1, 0.15) is 5.82 Å². The number of rotatable bonds is 7. The van der Waals surface area contributed by atoms with Crippen LogP contribution in [-0.2, 0) is 9.59 Å². The topological polar surface area (TPSA) is 86.9 Å². The molecular weight excluding hydrogens is 340 g/mol. The zero-order chi connectivity index (χ0) is 19.2. The lowest BCUT2D eigenvalue weighted by molar-refractivity contribution is -0.129. The second-order valence-corrected chi connectivity index (χ2v) is 7.94. The van der Waals surface area contributed by atoms with Crippen molar-refractivity contribution in [3.63, 3.8) is 0 Å². The van der Waals surface area contributed by atoms with Crippen LogP contribution >= 0.6 is 0 Å². The van der Waals surface area contributed by atoms with Crippen molar-refractivity contribution in [1.29, 1.82) is 0 Å². The first-order valence-corrected chi connectivity index (χ1v) is 10.0. The van der Waals surface area contributed by atoms with Crippen LogP contribution in [0.15, 0.2) is 24.3 Å². The van der Waals surface area contributed by atoms with Gasteiger partial charge in [-0.15, -0.1) is 0 Å². The largest absolute Gasteiger partial charge is 0.347 e. The molecule has 1 saturated carbocycles. The summed E-state index contributed by atoms with van der Waals surface area (Å²) in [7, 11) is 0. The highest BCUT2D eigenvalue weighted by molar-refractivity contribution is 5.86. The van der Waals surface area contributed by atoms with E-state index in [9.17, 15) is 9.59 Å². The van der Waals surface area contributed by atoms with Gasteiger partial charge in [-0.05, 0) is 37.3 Å². The number of aromatic amines is 1. The minimum atomic E-state index is -0.198. The van der Waals surface area contributed by atoms with Crippen molar-refractivity contribution in [2.75, 3.05) is 6.54 Å². The number of carbonyl (C=O) groups excluding carboxylic acids is 2. The first-order valence-electron chi connectivity index (χ1n) is 10.0. The number of aromatic nitrogens is 2. The van der Waals surface area contributed by atoms with Gasteiger partial charge in [0.2, 0.25) is 11.8 Å². The van der Waals surface area contributed by atoms with Crippen LogP contribution in [0.3, 0.4) is 0 Å². The Morgan fingerprint density at radius 2 is 1.93 bits per heavy atom. The SMILES string of the molecule is CC(C)C[C@@H](NC(=O)CNC(=O)C1CCCCC1)c1nc2ccccc2[nH]1. The van der Waals surface area contributed by atoms with Crippen LogP contribution in [0.2, 0.25) is 0 Å². The first-order chi connectivity index (χ1) is 13.0. The second kappa shape index (κ2) is 9.02. The van der Waals surface area contributed by atoms with E-state index in [-0.39, 0.29) is 30.3 Å². The van der Waals surface area contributed by atoms with Crippen molar-refractivity contribution in [3.8, 4) is 0 Å². The normalized spacial score (nSPS) is 16.4.